The predicted octanol–water partition coefficient (Wildman–Crippen LogP) is 1.72. The van der Waals surface area contributed by atoms with Gasteiger partial charge in [0.25, 0.3) is 0 Å². The van der Waals surface area contributed by atoms with E-state index in [0.29, 0.717) is 0 Å². The maximum atomic E-state index is 4.23. The standard InChI is InChI=1S/C11H24N2S/c1-11-10-12(2)7-8-13(11)6-4-3-5-9-14/h11,14H,3-10H2,1-2H3. The lowest BCUT2D eigenvalue weighted by molar-refractivity contribution is 0.0986. The number of nitrogens with zero attached hydrogens (tertiary/aromatic N) is 2. The molecule has 1 atom stereocenters. The molecular weight excluding hydrogens is 192 g/mol. The molecule has 0 amide bonds. The SMILES string of the molecule is CC1CN(C)CCN1CCCCCS. The molecule has 1 saturated heterocycles. The summed E-state index contributed by atoms with van der Waals surface area (Å²) in [6.07, 6.45) is 3.95. The van der Waals surface area contributed by atoms with Crippen LogP contribution in [0.1, 0.15) is 26.2 Å². The van der Waals surface area contributed by atoms with E-state index < -0.39 is 0 Å². The molecular formula is C11H24N2S. The lowest BCUT2D eigenvalue weighted by Gasteiger charge is -2.38. The molecule has 0 aromatic carbocycles. The first kappa shape index (κ1) is 12.3. The lowest BCUT2D eigenvalue weighted by atomic mass is 10.1. The Kier molecular flexibility index (Phi) is 5.90. The Morgan fingerprint density at radius 2 is 2.00 bits per heavy atom. The van der Waals surface area contributed by atoms with E-state index >= 15 is 0 Å². The molecule has 84 valence electrons. The molecule has 0 aromatic heterocycles. The van der Waals surface area contributed by atoms with Gasteiger partial charge in [-0.2, -0.15) is 12.6 Å². The highest BCUT2D eigenvalue weighted by molar-refractivity contribution is 7.80. The summed E-state index contributed by atoms with van der Waals surface area (Å²) >= 11 is 4.23. The van der Waals surface area contributed by atoms with Crippen LogP contribution >= 0.6 is 12.6 Å². The normalized spacial score (nSPS) is 25.5. The third kappa shape index (κ3) is 4.20. The average Bonchev–Trinajstić information content (AvgIpc) is 2.15. The van der Waals surface area contributed by atoms with Crippen molar-refractivity contribution < 1.29 is 0 Å². The van der Waals surface area contributed by atoms with Crippen molar-refractivity contribution in [2.45, 2.75) is 32.2 Å². The van der Waals surface area contributed by atoms with Gasteiger partial charge in [0.2, 0.25) is 0 Å². The van der Waals surface area contributed by atoms with Gasteiger partial charge in [0.1, 0.15) is 0 Å². The van der Waals surface area contributed by atoms with Crippen molar-refractivity contribution in [2.75, 3.05) is 39.0 Å². The van der Waals surface area contributed by atoms with E-state index in [9.17, 15) is 0 Å². The molecule has 14 heavy (non-hydrogen) atoms. The Morgan fingerprint density at radius 1 is 1.21 bits per heavy atom. The molecule has 0 bridgehead atoms. The second-order valence-electron chi connectivity index (χ2n) is 4.43. The smallest absolute Gasteiger partial charge is 0.0195 e. The van der Waals surface area contributed by atoms with Crippen molar-refractivity contribution in [1.29, 1.82) is 0 Å². The Hall–Kier alpha value is 0.270. The first-order valence-electron chi connectivity index (χ1n) is 5.77. The van der Waals surface area contributed by atoms with E-state index in [0.717, 1.165) is 11.8 Å². The third-order valence-corrected chi connectivity index (χ3v) is 3.39. The Bertz CT molecular complexity index is 152. The molecule has 0 aliphatic carbocycles. The zero-order valence-electron chi connectivity index (χ0n) is 9.58. The van der Waals surface area contributed by atoms with Gasteiger partial charge in [-0.1, -0.05) is 6.42 Å². The van der Waals surface area contributed by atoms with Crippen LogP contribution in [0.5, 0.6) is 0 Å². The maximum Gasteiger partial charge on any atom is 0.0195 e. The van der Waals surface area contributed by atoms with Crippen molar-refractivity contribution >= 4 is 12.6 Å². The summed E-state index contributed by atoms with van der Waals surface area (Å²) in [5, 5.41) is 0. The molecule has 1 fully saturated rings. The quantitative estimate of drug-likeness (QED) is 0.552. The molecule has 1 heterocycles. The first-order valence-corrected chi connectivity index (χ1v) is 6.40. The summed E-state index contributed by atoms with van der Waals surface area (Å²) < 4.78 is 0. The number of hydrogen-bond acceptors (Lipinski definition) is 3. The van der Waals surface area contributed by atoms with E-state index in [-0.39, 0.29) is 0 Å². The van der Waals surface area contributed by atoms with Crippen LogP contribution in [0.4, 0.5) is 0 Å². The number of likely N-dealkylation sites (N-methyl/N-ethyl adjacent to an activating group) is 1. The second-order valence-corrected chi connectivity index (χ2v) is 4.88. The van der Waals surface area contributed by atoms with Gasteiger partial charge in [-0.3, -0.25) is 4.90 Å². The highest BCUT2D eigenvalue weighted by Gasteiger charge is 2.20. The van der Waals surface area contributed by atoms with Crippen LogP contribution in [-0.4, -0.2) is 54.8 Å². The highest BCUT2D eigenvalue weighted by atomic mass is 32.1. The fraction of sp³-hybridized carbons (Fsp3) is 1.00. The monoisotopic (exact) mass is 216 g/mol. The Labute approximate surface area is 94.1 Å². The average molecular weight is 216 g/mol. The molecule has 1 aliphatic rings. The van der Waals surface area contributed by atoms with Crippen LogP contribution < -0.4 is 0 Å². The van der Waals surface area contributed by atoms with Crippen molar-refractivity contribution in [1.82, 2.24) is 9.80 Å². The first-order chi connectivity index (χ1) is 6.74. The Morgan fingerprint density at radius 3 is 2.64 bits per heavy atom. The van der Waals surface area contributed by atoms with Crippen molar-refractivity contribution in [3.8, 4) is 0 Å². The summed E-state index contributed by atoms with van der Waals surface area (Å²) in [4.78, 5) is 5.05. The number of hydrogen-bond donors (Lipinski definition) is 1. The molecule has 0 aromatic rings. The van der Waals surface area contributed by atoms with Crippen LogP contribution in [0.3, 0.4) is 0 Å². The zero-order valence-corrected chi connectivity index (χ0v) is 10.5. The number of rotatable bonds is 5. The van der Waals surface area contributed by atoms with Gasteiger partial charge in [0, 0.05) is 25.7 Å². The van der Waals surface area contributed by atoms with Crippen LogP contribution in [0.2, 0.25) is 0 Å². The number of unbranched alkanes of at least 4 members (excludes halogenated alkanes) is 2. The van der Waals surface area contributed by atoms with Gasteiger partial charge >= 0.3 is 0 Å². The molecule has 1 aliphatic heterocycles. The Balaban J connectivity index is 2.11. The fourth-order valence-electron chi connectivity index (χ4n) is 2.11. The molecule has 2 nitrogen and oxygen atoms in total. The van der Waals surface area contributed by atoms with Gasteiger partial charge in [0.15, 0.2) is 0 Å². The molecule has 0 N–H and O–H groups in total. The van der Waals surface area contributed by atoms with Gasteiger partial charge in [-0.25, -0.2) is 0 Å². The molecule has 0 saturated carbocycles. The largest absolute Gasteiger partial charge is 0.304 e. The van der Waals surface area contributed by atoms with Gasteiger partial charge in [-0.15, -0.1) is 0 Å². The summed E-state index contributed by atoms with van der Waals surface area (Å²) in [5.74, 6) is 1.04. The van der Waals surface area contributed by atoms with Crippen LogP contribution in [0, 0.1) is 0 Å². The number of piperazine rings is 1. The molecule has 0 spiro atoms. The summed E-state index contributed by atoms with van der Waals surface area (Å²) in [7, 11) is 2.22. The van der Waals surface area contributed by atoms with Crippen molar-refractivity contribution in [2.24, 2.45) is 0 Å². The predicted molar refractivity (Wildman–Crippen MR) is 66.2 cm³/mol. The van der Waals surface area contributed by atoms with Crippen LogP contribution in [0.25, 0.3) is 0 Å². The van der Waals surface area contributed by atoms with E-state index in [1.807, 2.05) is 0 Å². The van der Waals surface area contributed by atoms with E-state index in [4.69, 9.17) is 0 Å². The summed E-state index contributed by atoms with van der Waals surface area (Å²) in [5.41, 5.74) is 0. The molecule has 1 unspecified atom stereocenters. The van der Waals surface area contributed by atoms with Gasteiger partial charge in [0.05, 0.1) is 0 Å². The maximum absolute atomic E-state index is 4.23. The molecule has 3 heteroatoms. The second kappa shape index (κ2) is 6.70. The highest BCUT2D eigenvalue weighted by Crippen LogP contribution is 2.09. The van der Waals surface area contributed by atoms with Gasteiger partial charge < -0.3 is 4.90 Å². The van der Waals surface area contributed by atoms with E-state index in [1.54, 1.807) is 0 Å². The summed E-state index contributed by atoms with van der Waals surface area (Å²) in [6, 6.07) is 0.741. The zero-order chi connectivity index (χ0) is 10.4. The fourth-order valence-corrected chi connectivity index (χ4v) is 2.34. The van der Waals surface area contributed by atoms with Crippen molar-refractivity contribution in [3.63, 3.8) is 0 Å². The van der Waals surface area contributed by atoms with Crippen molar-refractivity contribution in [3.05, 3.63) is 0 Å². The minimum Gasteiger partial charge on any atom is -0.304 e. The topological polar surface area (TPSA) is 6.48 Å². The van der Waals surface area contributed by atoms with Crippen LogP contribution in [0.15, 0.2) is 0 Å². The molecule has 1 rings (SSSR count). The summed E-state index contributed by atoms with van der Waals surface area (Å²) in [6.45, 7) is 7.33. The molecule has 0 radical (unpaired) electrons. The third-order valence-electron chi connectivity index (χ3n) is 3.07. The van der Waals surface area contributed by atoms with Crippen LogP contribution in [-0.2, 0) is 0 Å². The van der Waals surface area contributed by atoms with Gasteiger partial charge in [-0.05, 0) is 39.1 Å². The van der Waals surface area contributed by atoms with E-state index in [2.05, 4.69) is 36.4 Å². The minimum absolute atomic E-state index is 0.741. The lowest BCUT2D eigenvalue weighted by Crippen LogP contribution is -2.50. The minimum atomic E-state index is 0.741. The van der Waals surface area contributed by atoms with E-state index in [1.165, 1.54) is 45.4 Å². The number of thiol groups is 1.